The second kappa shape index (κ2) is 7.05. The van der Waals surface area contributed by atoms with Crippen LogP contribution in [0.5, 0.6) is 0 Å². The summed E-state index contributed by atoms with van der Waals surface area (Å²) >= 11 is 0. The molecule has 2 N–H and O–H groups in total. The number of hydrogen-bond donors (Lipinski definition) is 1. The molecular weight excluding hydrogens is 198 g/mol. The molecule has 94 valence electrons. The quantitative estimate of drug-likeness (QED) is 0.722. The fourth-order valence-corrected chi connectivity index (χ4v) is 2.63. The van der Waals surface area contributed by atoms with Gasteiger partial charge in [0.1, 0.15) is 5.78 Å². The van der Waals surface area contributed by atoms with E-state index in [1.165, 1.54) is 38.5 Å². The van der Waals surface area contributed by atoms with Crippen molar-refractivity contribution in [3.05, 3.63) is 0 Å². The second-order valence-electron chi connectivity index (χ2n) is 5.63. The molecule has 0 spiro atoms. The summed E-state index contributed by atoms with van der Waals surface area (Å²) in [5, 5.41) is 0. The van der Waals surface area contributed by atoms with Crippen LogP contribution in [0.2, 0.25) is 0 Å². The van der Waals surface area contributed by atoms with E-state index in [1.54, 1.807) is 6.92 Å². The SMILES string of the molecule is CC(=O)[C@@H](N)CC[C@@H](C)CCC1CCCC1. The summed E-state index contributed by atoms with van der Waals surface area (Å²) in [5.74, 6) is 1.85. The van der Waals surface area contributed by atoms with Crippen molar-refractivity contribution in [2.24, 2.45) is 17.6 Å². The third kappa shape index (κ3) is 5.11. The van der Waals surface area contributed by atoms with Gasteiger partial charge in [-0.05, 0) is 31.6 Å². The Morgan fingerprint density at radius 1 is 1.25 bits per heavy atom. The molecule has 1 fully saturated rings. The summed E-state index contributed by atoms with van der Waals surface area (Å²) in [4.78, 5) is 11.0. The van der Waals surface area contributed by atoms with Crippen molar-refractivity contribution in [2.75, 3.05) is 0 Å². The van der Waals surface area contributed by atoms with Crippen molar-refractivity contribution in [1.82, 2.24) is 0 Å². The highest BCUT2D eigenvalue weighted by molar-refractivity contribution is 5.80. The smallest absolute Gasteiger partial charge is 0.146 e. The number of nitrogens with two attached hydrogens (primary N) is 1. The summed E-state index contributed by atoms with van der Waals surface area (Å²) in [7, 11) is 0. The largest absolute Gasteiger partial charge is 0.322 e. The Labute approximate surface area is 100.0 Å². The van der Waals surface area contributed by atoms with Gasteiger partial charge in [0, 0.05) is 0 Å². The van der Waals surface area contributed by atoms with Crippen LogP contribution in [-0.2, 0) is 4.79 Å². The Morgan fingerprint density at radius 2 is 1.88 bits per heavy atom. The first-order valence-electron chi connectivity index (χ1n) is 6.85. The van der Waals surface area contributed by atoms with Gasteiger partial charge in [0.2, 0.25) is 0 Å². The molecule has 1 rings (SSSR count). The lowest BCUT2D eigenvalue weighted by molar-refractivity contribution is -0.118. The third-order valence-corrected chi connectivity index (χ3v) is 4.04. The van der Waals surface area contributed by atoms with Crippen LogP contribution in [-0.4, -0.2) is 11.8 Å². The zero-order valence-corrected chi connectivity index (χ0v) is 10.9. The lowest BCUT2D eigenvalue weighted by Gasteiger charge is -2.16. The molecule has 0 radical (unpaired) electrons. The van der Waals surface area contributed by atoms with Crippen molar-refractivity contribution in [3.8, 4) is 0 Å². The molecule has 0 aliphatic heterocycles. The molecule has 0 aromatic carbocycles. The monoisotopic (exact) mass is 225 g/mol. The molecule has 0 aromatic rings. The molecular formula is C14H27NO. The van der Waals surface area contributed by atoms with Gasteiger partial charge in [-0.15, -0.1) is 0 Å². The van der Waals surface area contributed by atoms with E-state index in [2.05, 4.69) is 6.92 Å². The number of carbonyl (C=O) groups excluding carboxylic acids is 1. The Balaban J connectivity index is 2.05. The summed E-state index contributed by atoms with van der Waals surface area (Å²) in [6.07, 6.45) is 10.4. The van der Waals surface area contributed by atoms with Crippen molar-refractivity contribution in [1.29, 1.82) is 0 Å². The first kappa shape index (κ1) is 13.7. The van der Waals surface area contributed by atoms with Crippen molar-refractivity contribution < 1.29 is 4.79 Å². The topological polar surface area (TPSA) is 43.1 Å². The van der Waals surface area contributed by atoms with Crippen molar-refractivity contribution in [2.45, 2.75) is 71.3 Å². The molecule has 1 aliphatic rings. The van der Waals surface area contributed by atoms with E-state index in [9.17, 15) is 4.79 Å². The van der Waals surface area contributed by atoms with Gasteiger partial charge in [0.15, 0.2) is 0 Å². The first-order chi connectivity index (χ1) is 7.59. The summed E-state index contributed by atoms with van der Waals surface area (Å²) in [6.45, 7) is 3.88. The van der Waals surface area contributed by atoms with Gasteiger partial charge < -0.3 is 5.73 Å². The highest BCUT2D eigenvalue weighted by atomic mass is 16.1. The molecule has 0 bridgehead atoms. The van der Waals surface area contributed by atoms with Gasteiger partial charge in [-0.25, -0.2) is 0 Å². The summed E-state index contributed by atoms with van der Waals surface area (Å²) in [5.41, 5.74) is 5.73. The molecule has 2 heteroatoms. The molecule has 0 amide bonds. The van der Waals surface area contributed by atoms with Crippen LogP contribution in [0, 0.1) is 11.8 Å². The van der Waals surface area contributed by atoms with Crippen LogP contribution in [0.25, 0.3) is 0 Å². The van der Waals surface area contributed by atoms with Gasteiger partial charge in [-0.2, -0.15) is 0 Å². The van der Waals surface area contributed by atoms with Crippen LogP contribution in [0.1, 0.15) is 65.2 Å². The predicted molar refractivity (Wildman–Crippen MR) is 68.2 cm³/mol. The molecule has 0 heterocycles. The van der Waals surface area contributed by atoms with E-state index in [0.717, 1.165) is 24.7 Å². The molecule has 0 aromatic heterocycles. The maximum atomic E-state index is 11.0. The first-order valence-corrected chi connectivity index (χ1v) is 6.85. The average Bonchev–Trinajstić information content (AvgIpc) is 2.75. The molecule has 1 saturated carbocycles. The molecule has 0 saturated heterocycles. The van der Waals surface area contributed by atoms with Crippen LogP contribution in [0.15, 0.2) is 0 Å². The van der Waals surface area contributed by atoms with Gasteiger partial charge in [-0.3, -0.25) is 4.79 Å². The fraction of sp³-hybridized carbons (Fsp3) is 0.929. The van der Waals surface area contributed by atoms with Crippen molar-refractivity contribution in [3.63, 3.8) is 0 Å². The Kier molecular flexibility index (Phi) is 6.04. The van der Waals surface area contributed by atoms with Crippen molar-refractivity contribution >= 4 is 5.78 Å². The molecule has 2 atom stereocenters. The van der Waals surface area contributed by atoms with E-state index in [0.29, 0.717) is 0 Å². The number of carbonyl (C=O) groups is 1. The van der Waals surface area contributed by atoms with Gasteiger partial charge >= 0.3 is 0 Å². The number of Topliss-reactive ketones (excluding diaryl/α,β-unsaturated/α-hetero) is 1. The zero-order valence-electron chi connectivity index (χ0n) is 10.9. The van der Waals surface area contributed by atoms with Gasteiger partial charge in [0.05, 0.1) is 6.04 Å². The maximum Gasteiger partial charge on any atom is 0.146 e. The van der Waals surface area contributed by atoms with E-state index >= 15 is 0 Å². The van der Waals surface area contributed by atoms with E-state index < -0.39 is 0 Å². The fourth-order valence-electron chi connectivity index (χ4n) is 2.63. The molecule has 16 heavy (non-hydrogen) atoms. The highest BCUT2D eigenvalue weighted by Gasteiger charge is 2.16. The highest BCUT2D eigenvalue weighted by Crippen LogP contribution is 2.30. The van der Waals surface area contributed by atoms with E-state index in [4.69, 9.17) is 5.73 Å². The summed E-state index contributed by atoms with van der Waals surface area (Å²) in [6, 6.07) is -0.228. The van der Waals surface area contributed by atoms with Gasteiger partial charge in [-0.1, -0.05) is 45.4 Å². The molecule has 1 aliphatic carbocycles. The third-order valence-electron chi connectivity index (χ3n) is 4.04. The van der Waals surface area contributed by atoms with E-state index in [-0.39, 0.29) is 11.8 Å². The Morgan fingerprint density at radius 3 is 2.44 bits per heavy atom. The standard InChI is InChI=1S/C14H27NO/c1-11(8-10-14(15)12(2)16)7-9-13-5-3-4-6-13/h11,13-14H,3-10,15H2,1-2H3/t11-,14-/m0/s1. The van der Waals surface area contributed by atoms with E-state index in [1.807, 2.05) is 0 Å². The Hall–Kier alpha value is -0.370. The normalized spacial score (nSPS) is 20.9. The zero-order chi connectivity index (χ0) is 12.0. The van der Waals surface area contributed by atoms with Crippen LogP contribution >= 0.6 is 0 Å². The van der Waals surface area contributed by atoms with Crippen LogP contribution < -0.4 is 5.73 Å². The van der Waals surface area contributed by atoms with Crippen LogP contribution in [0.4, 0.5) is 0 Å². The lowest BCUT2D eigenvalue weighted by Crippen LogP contribution is -2.28. The summed E-state index contributed by atoms with van der Waals surface area (Å²) < 4.78 is 0. The van der Waals surface area contributed by atoms with Crippen LogP contribution in [0.3, 0.4) is 0 Å². The predicted octanol–water partition coefficient (Wildman–Crippen LogP) is 3.29. The lowest BCUT2D eigenvalue weighted by atomic mass is 9.91. The minimum Gasteiger partial charge on any atom is -0.322 e. The number of ketones is 1. The molecule has 0 unspecified atom stereocenters. The average molecular weight is 225 g/mol. The Bertz CT molecular complexity index is 209. The maximum absolute atomic E-state index is 11.0. The minimum absolute atomic E-state index is 0.128. The second-order valence-corrected chi connectivity index (χ2v) is 5.63. The minimum atomic E-state index is -0.228. The number of rotatable bonds is 7. The molecule has 2 nitrogen and oxygen atoms in total. The van der Waals surface area contributed by atoms with Gasteiger partial charge in [0.25, 0.3) is 0 Å². The number of hydrogen-bond acceptors (Lipinski definition) is 2.